The first-order chi connectivity index (χ1) is 10.6. The van der Waals surface area contributed by atoms with Crippen LogP contribution in [0.25, 0.3) is 0 Å². The molecule has 2 rings (SSSR count). The van der Waals surface area contributed by atoms with Gasteiger partial charge in [0.05, 0.1) is 12.1 Å². The summed E-state index contributed by atoms with van der Waals surface area (Å²) in [6.45, 7) is 3.29. The van der Waals surface area contributed by atoms with Crippen molar-refractivity contribution in [3.8, 4) is 0 Å². The van der Waals surface area contributed by atoms with Gasteiger partial charge in [-0.15, -0.1) is 5.06 Å². The van der Waals surface area contributed by atoms with Crippen LogP contribution in [-0.4, -0.2) is 59.0 Å². The third kappa shape index (κ3) is 4.96. The van der Waals surface area contributed by atoms with Crippen LogP contribution in [-0.2, 0) is 9.63 Å². The molecule has 0 unspecified atom stereocenters. The Morgan fingerprint density at radius 3 is 3.00 bits per heavy atom. The highest BCUT2D eigenvalue weighted by atomic mass is 32.2. The van der Waals surface area contributed by atoms with Gasteiger partial charge in [0.2, 0.25) is 0 Å². The maximum atomic E-state index is 11.7. The fourth-order valence-electron chi connectivity index (χ4n) is 2.83. The Bertz CT molecular complexity index is 398. The quantitative estimate of drug-likeness (QED) is 0.255. The van der Waals surface area contributed by atoms with E-state index in [0.29, 0.717) is 30.5 Å². The normalized spacial score (nSPS) is 26.7. The molecule has 22 heavy (non-hydrogen) atoms. The smallest absolute Gasteiger partial charge is 0.325 e. The summed E-state index contributed by atoms with van der Waals surface area (Å²) in [5, 5.41) is 8.02. The maximum Gasteiger partial charge on any atom is 0.325 e. The van der Waals surface area contributed by atoms with Gasteiger partial charge < -0.3 is 15.5 Å². The lowest BCUT2D eigenvalue weighted by Crippen LogP contribution is -2.36. The number of carbonyl (C=O) groups is 2. The standard InChI is InChI=1S/C14H25N3O3S2/c1-2-17(7-8-21)20-12(18)6-4-3-5-11-13-10(9-22-11)15-14(19)16-13/h10-11,13,21H,2-9H2,1H3,(H2,15,16,19)/t10-,11-,13-/m1/s1. The van der Waals surface area contributed by atoms with Gasteiger partial charge in [-0.05, 0) is 19.8 Å². The van der Waals surface area contributed by atoms with Crippen molar-refractivity contribution >= 4 is 36.4 Å². The summed E-state index contributed by atoms with van der Waals surface area (Å²) in [7, 11) is 0. The summed E-state index contributed by atoms with van der Waals surface area (Å²) < 4.78 is 0. The molecular formula is C14H25N3O3S2. The molecule has 0 bridgehead atoms. The highest BCUT2D eigenvalue weighted by molar-refractivity contribution is 8.00. The lowest BCUT2D eigenvalue weighted by atomic mass is 10.0. The van der Waals surface area contributed by atoms with Crippen molar-refractivity contribution < 1.29 is 14.4 Å². The highest BCUT2D eigenvalue weighted by Gasteiger charge is 2.42. The zero-order valence-corrected chi connectivity index (χ0v) is 14.6. The van der Waals surface area contributed by atoms with E-state index in [4.69, 9.17) is 4.84 Å². The van der Waals surface area contributed by atoms with E-state index >= 15 is 0 Å². The van der Waals surface area contributed by atoms with E-state index < -0.39 is 0 Å². The molecule has 0 spiro atoms. The van der Waals surface area contributed by atoms with Gasteiger partial charge in [0.1, 0.15) is 0 Å². The summed E-state index contributed by atoms with van der Waals surface area (Å²) in [6, 6.07) is 0.468. The largest absolute Gasteiger partial charge is 0.368 e. The van der Waals surface area contributed by atoms with Crippen molar-refractivity contribution in [1.29, 1.82) is 0 Å². The molecular weight excluding hydrogens is 322 g/mol. The number of thioether (sulfide) groups is 1. The van der Waals surface area contributed by atoms with Gasteiger partial charge in [-0.3, -0.25) is 4.79 Å². The topological polar surface area (TPSA) is 70.7 Å². The molecule has 0 saturated carbocycles. The third-order valence-corrected chi connectivity index (χ3v) is 5.70. The number of nitrogens with one attached hydrogen (secondary N) is 2. The van der Waals surface area contributed by atoms with Crippen molar-refractivity contribution in [2.75, 3.05) is 24.6 Å². The molecule has 2 aliphatic rings. The van der Waals surface area contributed by atoms with E-state index in [2.05, 4.69) is 23.3 Å². The molecule has 126 valence electrons. The molecule has 0 aliphatic carbocycles. The number of hydrogen-bond donors (Lipinski definition) is 3. The van der Waals surface area contributed by atoms with E-state index in [1.807, 2.05) is 18.7 Å². The summed E-state index contributed by atoms with van der Waals surface area (Å²) in [5.74, 6) is 1.48. The first kappa shape index (κ1) is 17.7. The lowest BCUT2D eigenvalue weighted by molar-refractivity contribution is -0.188. The molecule has 2 heterocycles. The van der Waals surface area contributed by atoms with E-state index in [9.17, 15) is 9.59 Å². The number of nitrogens with zero attached hydrogens (tertiary/aromatic N) is 1. The van der Waals surface area contributed by atoms with Crippen LogP contribution in [0.15, 0.2) is 0 Å². The summed E-state index contributed by atoms with van der Waals surface area (Å²) >= 11 is 6.04. The van der Waals surface area contributed by atoms with Crippen molar-refractivity contribution in [1.82, 2.24) is 15.7 Å². The third-order valence-electron chi connectivity index (χ3n) is 3.99. The Balaban J connectivity index is 1.59. The second-order valence-corrected chi connectivity index (χ2v) is 7.30. The van der Waals surface area contributed by atoms with Gasteiger partial charge in [-0.1, -0.05) is 6.42 Å². The first-order valence-corrected chi connectivity index (χ1v) is 9.57. The van der Waals surface area contributed by atoms with Crippen LogP contribution in [0.1, 0.15) is 32.6 Å². The van der Waals surface area contributed by atoms with Gasteiger partial charge in [0.25, 0.3) is 0 Å². The van der Waals surface area contributed by atoms with Gasteiger partial charge in [0, 0.05) is 36.3 Å². The Hall–Kier alpha value is -0.600. The van der Waals surface area contributed by atoms with Crippen molar-refractivity contribution in [3.63, 3.8) is 0 Å². The second-order valence-electron chi connectivity index (χ2n) is 5.58. The SMILES string of the molecule is CCN(CCS)OC(=O)CCCC[C@H]1SC[C@H]2NC(=O)N[C@H]21. The minimum absolute atomic E-state index is 0.0484. The second kappa shape index (κ2) is 8.88. The molecule has 0 radical (unpaired) electrons. The summed E-state index contributed by atoms with van der Waals surface area (Å²) in [6.07, 6.45) is 3.27. The number of rotatable bonds is 9. The average molecular weight is 348 g/mol. The van der Waals surface area contributed by atoms with Gasteiger partial charge >= 0.3 is 12.0 Å². The number of amides is 2. The number of unbranched alkanes of at least 4 members (excludes halogenated alkanes) is 1. The molecule has 0 aromatic carbocycles. The van der Waals surface area contributed by atoms with Crippen molar-refractivity contribution in [3.05, 3.63) is 0 Å². The maximum absolute atomic E-state index is 11.7. The number of fused-ring (bicyclic) bond motifs is 1. The number of thiol groups is 1. The molecule has 2 saturated heterocycles. The molecule has 2 amide bonds. The number of carbonyl (C=O) groups excluding carboxylic acids is 2. The number of urea groups is 1. The lowest BCUT2D eigenvalue weighted by Gasteiger charge is -2.18. The molecule has 3 atom stereocenters. The first-order valence-electron chi connectivity index (χ1n) is 7.89. The van der Waals surface area contributed by atoms with Crippen LogP contribution >= 0.6 is 24.4 Å². The molecule has 2 N–H and O–H groups in total. The summed E-state index contributed by atoms with van der Waals surface area (Å²) in [5.41, 5.74) is 0. The van der Waals surface area contributed by atoms with Crippen LogP contribution in [0.4, 0.5) is 4.79 Å². The number of hydrogen-bond acceptors (Lipinski definition) is 6. The highest BCUT2D eigenvalue weighted by Crippen LogP contribution is 2.33. The van der Waals surface area contributed by atoms with Crippen molar-refractivity contribution in [2.24, 2.45) is 0 Å². The van der Waals surface area contributed by atoms with Crippen LogP contribution in [0.3, 0.4) is 0 Å². The molecule has 0 aromatic heterocycles. The molecule has 2 aliphatic heterocycles. The van der Waals surface area contributed by atoms with E-state index in [1.165, 1.54) is 0 Å². The van der Waals surface area contributed by atoms with E-state index in [-0.39, 0.29) is 24.1 Å². The van der Waals surface area contributed by atoms with Crippen LogP contribution < -0.4 is 10.6 Å². The van der Waals surface area contributed by atoms with Gasteiger partial charge in [-0.25, -0.2) is 4.79 Å². The van der Waals surface area contributed by atoms with Crippen LogP contribution in [0.5, 0.6) is 0 Å². The minimum atomic E-state index is -0.170. The van der Waals surface area contributed by atoms with E-state index in [0.717, 1.165) is 25.0 Å². The predicted octanol–water partition coefficient (Wildman–Crippen LogP) is 1.42. The predicted molar refractivity (Wildman–Crippen MR) is 91.1 cm³/mol. The van der Waals surface area contributed by atoms with Gasteiger partial charge in [0.15, 0.2) is 0 Å². The fraction of sp³-hybridized carbons (Fsp3) is 0.857. The van der Waals surface area contributed by atoms with Crippen molar-refractivity contribution in [2.45, 2.75) is 49.9 Å². The Kier molecular flexibility index (Phi) is 7.17. The zero-order chi connectivity index (χ0) is 15.9. The Labute approximate surface area is 141 Å². The molecule has 8 heteroatoms. The van der Waals surface area contributed by atoms with Gasteiger partial charge in [-0.2, -0.15) is 24.4 Å². The molecule has 6 nitrogen and oxygen atoms in total. The van der Waals surface area contributed by atoms with E-state index in [1.54, 1.807) is 5.06 Å². The molecule has 2 fully saturated rings. The van der Waals surface area contributed by atoms with Crippen LogP contribution in [0, 0.1) is 0 Å². The Morgan fingerprint density at radius 1 is 1.45 bits per heavy atom. The number of hydroxylamine groups is 2. The fourth-order valence-corrected chi connectivity index (χ4v) is 4.59. The van der Waals surface area contributed by atoms with Crippen LogP contribution in [0.2, 0.25) is 0 Å². The minimum Gasteiger partial charge on any atom is -0.368 e. The summed E-state index contributed by atoms with van der Waals surface area (Å²) in [4.78, 5) is 28.3. The zero-order valence-electron chi connectivity index (χ0n) is 12.9. The molecule has 0 aromatic rings. The average Bonchev–Trinajstić information content (AvgIpc) is 3.02. The monoisotopic (exact) mass is 347 g/mol. The Morgan fingerprint density at radius 2 is 2.27 bits per heavy atom.